The SMILES string of the molecule is CC1(C)CCC(C)(C)[C@H]2CC(=NO)C[C@H]21. The number of hydrogen-bond acceptors (Lipinski definition) is 2. The van der Waals surface area contributed by atoms with E-state index in [1.54, 1.807) is 0 Å². The minimum atomic E-state index is 0.423. The maximum Gasteiger partial charge on any atom is 0.0577 e. The largest absolute Gasteiger partial charge is 0.411 e. The lowest BCUT2D eigenvalue weighted by Crippen LogP contribution is -2.41. The van der Waals surface area contributed by atoms with E-state index in [4.69, 9.17) is 5.21 Å². The summed E-state index contributed by atoms with van der Waals surface area (Å²) in [5.41, 5.74) is 1.87. The zero-order valence-corrected chi connectivity index (χ0v) is 10.4. The highest BCUT2D eigenvalue weighted by Crippen LogP contribution is 2.58. The van der Waals surface area contributed by atoms with Crippen molar-refractivity contribution in [3.05, 3.63) is 0 Å². The summed E-state index contributed by atoms with van der Waals surface area (Å²) in [4.78, 5) is 0. The average Bonchev–Trinajstić information content (AvgIpc) is 2.59. The highest BCUT2D eigenvalue weighted by atomic mass is 16.4. The van der Waals surface area contributed by atoms with Crippen molar-refractivity contribution >= 4 is 5.71 Å². The lowest BCUT2D eigenvalue weighted by atomic mass is 9.56. The Morgan fingerprint density at radius 1 is 1.00 bits per heavy atom. The van der Waals surface area contributed by atoms with Gasteiger partial charge in [-0.3, -0.25) is 0 Å². The number of oxime groups is 1. The quantitative estimate of drug-likeness (QED) is 0.479. The van der Waals surface area contributed by atoms with Gasteiger partial charge in [0.05, 0.1) is 5.71 Å². The first-order chi connectivity index (χ1) is 6.87. The lowest BCUT2D eigenvalue weighted by Gasteiger charge is -2.49. The Labute approximate surface area is 92.8 Å². The molecule has 0 bridgehead atoms. The van der Waals surface area contributed by atoms with E-state index in [1.165, 1.54) is 12.8 Å². The molecule has 0 saturated heterocycles. The normalized spacial score (nSPS) is 40.4. The zero-order chi connectivity index (χ0) is 11.3. The van der Waals surface area contributed by atoms with Crippen LogP contribution in [-0.4, -0.2) is 10.9 Å². The predicted octanol–water partition coefficient (Wildman–Crippen LogP) is 3.69. The van der Waals surface area contributed by atoms with Gasteiger partial charge in [0.25, 0.3) is 0 Å². The van der Waals surface area contributed by atoms with Crippen LogP contribution < -0.4 is 0 Å². The molecule has 2 heteroatoms. The number of rotatable bonds is 0. The van der Waals surface area contributed by atoms with E-state index in [0.717, 1.165) is 18.6 Å². The summed E-state index contributed by atoms with van der Waals surface area (Å²) in [5, 5.41) is 12.4. The monoisotopic (exact) mass is 209 g/mol. The Hall–Kier alpha value is -0.530. The molecule has 0 aromatic rings. The van der Waals surface area contributed by atoms with E-state index in [2.05, 4.69) is 32.9 Å². The second-order valence-corrected chi connectivity index (χ2v) is 6.76. The van der Waals surface area contributed by atoms with Crippen LogP contribution in [0.4, 0.5) is 0 Å². The molecule has 2 fully saturated rings. The number of nitrogens with zero attached hydrogens (tertiary/aromatic N) is 1. The fourth-order valence-corrected chi connectivity index (χ4v) is 3.61. The second kappa shape index (κ2) is 3.23. The maximum atomic E-state index is 8.94. The summed E-state index contributed by atoms with van der Waals surface area (Å²) >= 11 is 0. The molecule has 0 heterocycles. The van der Waals surface area contributed by atoms with E-state index < -0.39 is 0 Å². The zero-order valence-electron chi connectivity index (χ0n) is 10.4. The van der Waals surface area contributed by atoms with Crippen molar-refractivity contribution in [1.82, 2.24) is 0 Å². The van der Waals surface area contributed by atoms with Gasteiger partial charge in [-0.15, -0.1) is 0 Å². The third-order valence-corrected chi connectivity index (χ3v) is 4.96. The number of hydrogen-bond donors (Lipinski definition) is 1. The van der Waals surface area contributed by atoms with Crippen molar-refractivity contribution in [2.75, 3.05) is 0 Å². The van der Waals surface area contributed by atoms with E-state index in [-0.39, 0.29) is 0 Å². The van der Waals surface area contributed by atoms with Gasteiger partial charge in [0, 0.05) is 0 Å². The van der Waals surface area contributed by atoms with Gasteiger partial charge in [-0.05, 0) is 48.3 Å². The fraction of sp³-hybridized carbons (Fsp3) is 0.923. The molecule has 0 amide bonds. The molecular formula is C13H23NO. The van der Waals surface area contributed by atoms with Gasteiger partial charge >= 0.3 is 0 Å². The molecule has 2 atom stereocenters. The Balaban J connectivity index is 2.30. The van der Waals surface area contributed by atoms with Crippen LogP contribution in [0.25, 0.3) is 0 Å². The molecule has 1 N–H and O–H groups in total. The van der Waals surface area contributed by atoms with E-state index >= 15 is 0 Å². The summed E-state index contributed by atoms with van der Waals surface area (Å²) in [6, 6.07) is 0. The highest BCUT2D eigenvalue weighted by Gasteiger charge is 2.51. The van der Waals surface area contributed by atoms with Crippen molar-refractivity contribution in [2.45, 2.75) is 53.4 Å². The number of fused-ring (bicyclic) bond motifs is 1. The molecule has 0 radical (unpaired) electrons. The van der Waals surface area contributed by atoms with Crippen molar-refractivity contribution in [2.24, 2.45) is 27.8 Å². The molecule has 2 saturated carbocycles. The van der Waals surface area contributed by atoms with Crippen molar-refractivity contribution in [3.63, 3.8) is 0 Å². The molecule has 0 aromatic heterocycles. The van der Waals surface area contributed by atoms with Crippen LogP contribution in [0.15, 0.2) is 5.16 Å². The summed E-state index contributed by atoms with van der Waals surface area (Å²) in [6.07, 6.45) is 4.63. The van der Waals surface area contributed by atoms with Crippen LogP contribution >= 0.6 is 0 Å². The summed E-state index contributed by atoms with van der Waals surface area (Å²) in [6.45, 7) is 9.50. The summed E-state index contributed by atoms with van der Waals surface area (Å²) < 4.78 is 0. The minimum absolute atomic E-state index is 0.423. The molecule has 2 aliphatic rings. The molecule has 0 spiro atoms. The van der Waals surface area contributed by atoms with Gasteiger partial charge < -0.3 is 5.21 Å². The van der Waals surface area contributed by atoms with Gasteiger partial charge in [-0.25, -0.2) is 0 Å². The Morgan fingerprint density at radius 2 is 1.40 bits per heavy atom. The molecule has 2 aliphatic carbocycles. The summed E-state index contributed by atoms with van der Waals surface area (Å²) in [5.74, 6) is 1.43. The van der Waals surface area contributed by atoms with Crippen molar-refractivity contribution in [3.8, 4) is 0 Å². The predicted molar refractivity (Wildman–Crippen MR) is 62.2 cm³/mol. The molecule has 15 heavy (non-hydrogen) atoms. The molecule has 2 nitrogen and oxygen atoms in total. The Morgan fingerprint density at radius 3 is 1.73 bits per heavy atom. The van der Waals surface area contributed by atoms with E-state index in [9.17, 15) is 0 Å². The Bertz CT molecular complexity index is 265. The van der Waals surface area contributed by atoms with Gasteiger partial charge in [-0.2, -0.15) is 0 Å². The van der Waals surface area contributed by atoms with Gasteiger partial charge in [0.1, 0.15) is 0 Å². The highest BCUT2D eigenvalue weighted by molar-refractivity contribution is 5.86. The molecular weight excluding hydrogens is 186 g/mol. The first-order valence-corrected chi connectivity index (χ1v) is 6.07. The van der Waals surface area contributed by atoms with E-state index in [0.29, 0.717) is 22.7 Å². The van der Waals surface area contributed by atoms with Gasteiger partial charge in [-0.1, -0.05) is 32.9 Å². The smallest absolute Gasteiger partial charge is 0.0577 e. The molecule has 0 unspecified atom stereocenters. The maximum absolute atomic E-state index is 8.94. The molecule has 86 valence electrons. The summed E-state index contributed by atoms with van der Waals surface area (Å²) in [7, 11) is 0. The molecule has 0 aliphatic heterocycles. The topological polar surface area (TPSA) is 32.6 Å². The third-order valence-electron chi connectivity index (χ3n) is 4.96. The van der Waals surface area contributed by atoms with Gasteiger partial charge in [0.2, 0.25) is 0 Å². The molecule has 2 rings (SSSR count). The standard InChI is InChI=1S/C13H23NO/c1-12(2)5-6-13(3,4)11-8-9(14-15)7-10(11)12/h10-11,15H,5-8H2,1-4H3/t10-,11+. The van der Waals surface area contributed by atoms with Crippen LogP contribution in [0, 0.1) is 22.7 Å². The van der Waals surface area contributed by atoms with E-state index in [1.807, 2.05) is 0 Å². The van der Waals surface area contributed by atoms with Crippen molar-refractivity contribution < 1.29 is 5.21 Å². The third kappa shape index (κ3) is 1.68. The van der Waals surface area contributed by atoms with Crippen LogP contribution in [0.3, 0.4) is 0 Å². The van der Waals surface area contributed by atoms with Gasteiger partial charge in [0.15, 0.2) is 0 Å². The average molecular weight is 209 g/mol. The van der Waals surface area contributed by atoms with Crippen molar-refractivity contribution in [1.29, 1.82) is 0 Å². The Kier molecular flexibility index (Phi) is 2.36. The van der Waals surface area contributed by atoms with Crippen LogP contribution in [-0.2, 0) is 0 Å². The molecule has 0 aromatic carbocycles. The first-order valence-electron chi connectivity index (χ1n) is 6.07. The lowest BCUT2D eigenvalue weighted by molar-refractivity contribution is 0.00181. The van der Waals surface area contributed by atoms with Crippen LogP contribution in [0.5, 0.6) is 0 Å². The van der Waals surface area contributed by atoms with Crippen LogP contribution in [0.2, 0.25) is 0 Å². The minimum Gasteiger partial charge on any atom is -0.411 e. The first kappa shape index (κ1) is 11.0. The fourth-order valence-electron chi connectivity index (χ4n) is 3.61. The second-order valence-electron chi connectivity index (χ2n) is 6.76. The van der Waals surface area contributed by atoms with Crippen LogP contribution in [0.1, 0.15) is 53.4 Å².